The molecule has 1 aromatic heterocycles. The van der Waals surface area contributed by atoms with E-state index in [9.17, 15) is 13.2 Å². The molecule has 10 nitrogen and oxygen atoms in total. The lowest BCUT2D eigenvalue weighted by molar-refractivity contribution is -0.0550. The van der Waals surface area contributed by atoms with Crippen LogP contribution < -0.4 is 9.46 Å². The van der Waals surface area contributed by atoms with Crippen molar-refractivity contribution in [1.82, 2.24) is 19.8 Å². The number of carbonyl (C=O) groups excluding carboxylic acids is 1. The van der Waals surface area contributed by atoms with E-state index < -0.39 is 10.0 Å². The lowest BCUT2D eigenvalue weighted by Crippen LogP contribution is -2.54. The van der Waals surface area contributed by atoms with Gasteiger partial charge in [-0.2, -0.15) is 4.98 Å². The second-order valence-electron chi connectivity index (χ2n) is 15.3. The van der Waals surface area contributed by atoms with Crippen molar-refractivity contribution in [2.75, 3.05) is 44.1 Å². The summed E-state index contributed by atoms with van der Waals surface area (Å²) < 4.78 is 42.6. The third-order valence-corrected chi connectivity index (χ3v) is 9.68. The molecule has 3 heterocycles. The quantitative estimate of drug-likeness (QED) is 0.327. The molecule has 1 fully saturated rings. The average Bonchev–Trinajstić information content (AvgIpc) is 2.96. The van der Waals surface area contributed by atoms with E-state index in [1.54, 1.807) is 18.2 Å². The smallest absolute Gasteiger partial charge is 0.264 e. The van der Waals surface area contributed by atoms with Crippen molar-refractivity contribution in [2.24, 2.45) is 10.8 Å². The largest absolute Gasteiger partial charge is 0.475 e. The molecule has 3 aromatic rings. The van der Waals surface area contributed by atoms with Crippen molar-refractivity contribution in [1.29, 1.82) is 0 Å². The molecule has 2 aliphatic heterocycles. The SMILES string of the molecule is Cc1cccc(C)c1-c1cc2nc(n1)NS(=O)(=O)c1cccc(c1)C(=O)N(C[C@@H]1CN(CC(C)(C)C)CCO1)[C@H](CC(C)(C)C)CO2.Cl. The number of sulfonamides is 1. The molecule has 12 heteroatoms. The molecule has 48 heavy (non-hydrogen) atoms. The van der Waals surface area contributed by atoms with E-state index >= 15 is 0 Å². The summed E-state index contributed by atoms with van der Waals surface area (Å²) in [6, 6.07) is 13.5. The van der Waals surface area contributed by atoms with Crippen LogP contribution in [-0.4, -0.2) is 85.6 Å². The Kier molecular flexibility index (Phi) is 11.5. The number of halogens is 1. The lowest BCUT2D eigenvalue weighted by atomic mass is 9.87. The maximum atomic E-state index is 14.5. The molecule has 0 radical (unpaired) electrons. The molecular weight excluding hydrogens is 650 g/mol. The van der Waals surface area contributed by atoms with Crippen molar-refractivity contribution >= 4 is 34.3 Å². The number of nitrogens with one attached hydrogen (secondary N) is 1. The maximum absolute atomic E-state index is 14.5. The molecule has 5 rings (SSSR count). The Morgan fingerprint density at radius 2 is 1.65 bits per heavy atom. The summed E-state index contributed by atoms with van der Waals surface area (Å²) in [5.41, 5.74) is 3.65. The fourth-order valence-corrected chi connectivity index (χ4v) is 7.49. The number of hydrogen-bond donors (Lipinski definition) is 1. The number of anilines is 1. The number of ether oxygens (including phenoxy) is 2. The van der Waals surface area contributed by atoms with Crippen molar-refractivity contribution in [3.05, 3.63) is 65.2 Å². The molecule has 1 amide bonds. The Morgan fingerprint density at radius 1 is 0.958 bits per heavy atom. The Bertz CT molecular complexity index is 1700. The van der Waals surface area contributed by atoms with Crippen LogP contribution in [0.4, 0.5) is 5.95 Å². The van der Waals surface area contributed by atoms with Gasteiger partial charge in [-0.15, -0.1) is 12.4 Å². The molecule has 0 spiro atoms. The number of morpholine rings is 1. The van der Waals surface area contributed by atoms with Crippen LogP contribution in [-0.2, 0) is 14.8 Å². The van der Waals surface area contributed by atoms with Gasteiger partial charge in [-0.1, -0.05) is 65.8 Å². The van der Waals surface area contributed by atoms with Gasteiger partial charge in [-0.3, -0.25) is 9.69 Å². The third-order valence-electron chi connectivity index (χ3n) is 8.35. The topological polar surface area (TPSA) is 114 Å². The standard InChI is InChI=1S/C36H49N5O5S.ClH/c1-24-11-9-12-25(2)32(24)30-18-31-38-34(37-30)39-47(43,44)29-14-10-13-26(17-29)33(42)41(27(22-46-31)19-35(3,4)5)21-28-20-40(15-16-45-28)23-36(6,7)8;/h9-14,17-18,27-28H,15-16,19-23H2,1-8H3,(H,37,38,39);1H/t27-,28+;/m1./s1. The number of rotatable bonds is 5. The summed E-state index contributed by atoms with van der Waals surface area (Å²) in [5, 5.41) is 0. The number of amides is 1. The summed E-state index contributed by atoms with van der Waals surface area (Å²) in [5.74, 6) is -0.155. The number of hydrogen-bond acceptors (Lipinski definition) is 8. The average molecular weight is 700 g/mol. The zero-order chi connectivity index (χ0) is 34.1. The van der Waals surface area contributed by atoms with Crippen LogP contribution >= 0.6 is 12.4 Å². The highest BCUT2D eigenvalue weighted by atomic mass is 35.5. The summed E-state index contributed by atoms with van der Waals surface area (Å²) >= 11 is 0. The van der Waals surface area contributed by atoms with Gasteiger partial charge in [0, 0.05) is 43.4 Å². The van der Waals surface area contributed by atoms with Gasteiger partial charge in [-0.25, -0.2) is 18.1 Å². The Balaban J connectivity index is 0.00000520. The van der Waals surface area contributed by atoms with E-state index in [2.05, 4.69) is 61.1 Å². The Hall–Kier alpha value is -3.25. The number of benzene rings is 2. The van der Waals surface area contributed by atoms with Crippen molar-refractivity contribution in [3.8, 4) is 17.1 Å². The van der Waals surface area contributed by atoms with Crippen molar-refractivity contribution < 1.29 is 22.7 Å². The molecule has 2 atom stereocenters. The number of aromatic nitrogens is 2. The van der Waals surface area contributed by atoms with Crippen molar-refractivity contribution in [3.63, 3.8) is 0 Å². The van der Waals surface area contributed by atoms with Gasteiger partial charge in [0.1, 0.15) is 6.61 Å². The van der Waals surface area contributed by atoms with Crippen LogP contribution in [0.15, 0.2) is 53.4 Å². The molecule has 0 unspecified atom stereocenters. The highest BCUT2D eigenvalue weighted by Crippen LogP contribution is 2.32. The summed E-state index contributed by atoms with van der Waals surface area (Å²) in [4.78, 5) is 27.7. The summed E-state index contributed by atoms with van der Waals surface area (Å²) in [6.45, 7) is 20.5. The number of nitrogens with zero attached hydrogens (tertiary/aromatic N) is 4. The van der Waals surface area contributed by atoms with Gasteiger partial charge in [0.15, 0.2) is 0 Å². The highest BCUT2D eigenvalue weighted by molar-refractivity contribution is 7.92. The van der Waals surface area contributed by atoms with E-state index in [0.29, 0.717) is 31.8 Å². The predicted octanol–water partition coefficient (Wildman–Crippen LogP) is 6.37. The van der Waals surface area contributed by atoms with Crippen molar-refractivity contribution in [2.45, 2.75) is 78.9 Å². The first-order chi connectivity index (χ1) is 22.0. The molecule has 4 bridgehead atoms. The normalized spacial score (nSPS) is 20.3. The first-order valence-corrected chi connectivity index (χ1v) is 17.8. The fourth-order valence-electron chi connectivity index (χ4n) is 6.50. The van der Waals surface area contributed by atoms with Gasteiger partial charge in [-0.05, 0) is 60.4 Å². The number of fused-ring (bicyclic) bond motifs is 4. The second-order valence-corrected chi connectivity index (χ2v) is 17.0. The van der Waals surface area contributed by atoms with Crippen LogP contribution in [0, 0.1) is 24.7 Å². The van der Waals surface area contributed by atoms with E-state index in [-0.39, 0.29) is 70.2 Å². The van der Waals surface area contributed by atoms with Crippen LogP contribution in [0.1, 0.15) is 69.4 Å². The summed E-state index contributed by atoms with van der Waals surface area (Å²) in [6.07, 6.45) is 0.415. The molecular formula is C36H50ClN5O5S. The minimum atomic E-state index is -4.15. The van der Waals surface area contributed by atoms with Gasteiger partial charge in [0.25, 0.3) is 15.9 Å². The van der Waals surface area contributed by atoms with E-state index in [1.165, 1.54) is 12.1 Å². The molecule has 1 N–H and O–H groups in total. The van der Waals surface area contributed by atoms with Crippen LogP contribution in [0.5, 0.6) is 5.88 Å². The number of carbonyl (C=O) groups is 1. The molecule has 2 aliphatic rings. The zero-order valence-electron chi connectivity index (χ0n) is 29.4. The maximum Gasteiger partial charge on any atom is 0.264 e. The first kappa shape index (κ1) is 37.6. The molecule has 262 valence electrons. The predicted molar refractivity (Wildman–Crippen MR) is 191 cm³/mol. The monoisotopic (exact) mass is 699 g/mol. The van der Waals surface area contributed by atoms with Crippen LogP contribution in [0.3, 0.4) is 0 Å². The summed E-state index contributed by atoms with van der Waals surface area (Å²) in [7, 11) is -4.15. The molecule has 2 aromatic carbocycles. The van der Waals surface area contributed by atoms with E-state index in [4.69, 9.17) is 9.47 Å². The molecule has 0 aliphatic carbocycles. The van der Waals surface area contributed by atoms with E-state index in [1.807, 2.05) is 36.9 Å². The van der Waals surface area contributed by atoms with Gasteiger partial charge < -0.3 is 14.4 Å². The van der Waals surface area contributed by atoms with Gasteiger partial charge in [0.2, 0.25) is 11.8 Å². The van der Waals surface area contributed by atoms with Crippen LogP contribution in [0.25, 0.3) is 11.3 Å². The minimum Gasteiger partial charge on any atom is -0.475 e. The van der Waals surface area contributed by atoms with Crippen LogP contribution in [0.2, 0.25) is 0 Å². The highest BCUT2D eigenvalue weighted by Gasteiger charge is 2.35. The lowest BCUT2D eigenvalue weighted by Gasteiger charge is -2.41. The molecule has 1 saturated heterocycles. The Morgan fingerprint density at radius 3 is 2.31 bits per heavy atom. The first-order valence-electron chi connectivity index (χ1n) is 16.3. The fraction of sp³-hybridized carbons (Fsp3) is 0.528. The zero-order valence-corrected chi connectivity index (χ0v) is 31.0. The number of aryl methyl sites for hydroxylation is 2. The Labute approximate surface area is 292 Å². The molecule has 0 saturated carbocycles. The van der Waals surface area contributed by atoms with Gasteiger partial charge in [0.05, 0.1) is 29.3 Å². The second kappa shape index (κ2) is 14.7. The third kappa shape index (κ3) is 9.46. The van der Waals surface area contributed by atoms with Gasteiger partial charge >= 0.3 is 0 Å². The van der Waals surface area contributed by atoms with E-state index in [0.717, 1.165) is 29.8 Å². The minimum absolute atomic E-state index is 0.